The number of fused-ring (bicyclic) bond motifs is 3. The molecule has 0 spiro atoms. The Hall–Kier alpha value is -4.13. The topological polar surface area (TPSA) is 73.7 Å². The van der Waals surface area contributed by atoms with Gasteiger partial charge in [-0.15, -0.1) is 0 Å². The molecule has 0 saturated carbocycles. The van der Waals surface area contributed by atoms with Gasteiger partial charge < -0.3 is 14.0 Å². The Morgan fingerprint density at radius 3 is 2.41 bits per heavy atom. The van der Waals surface area contributed by atoms with E-state index in [1.807, 2.05) is 83.4 Å². The van der Waals surface area contributed by atoms with Gasteiger partial charge in [0.15, 0.2) is 5.92 Å². The molecule has 0 saturated heterocycles. The second kappa shape index (κ2) is 10.9. The summed E-state index contributed by atoms with van der Waals surface area (Å²) in [5.41, 5.74) is 3.56. The number of rotatable bonds is 9. The third-order valence-electron chi connectivity index (χ3n) is 6.65. The second-order valence-electron chi connectivity index (χ2n) is 9.09. The van der Waals surface area contributed by atoms with E-state index in [1.165, 1.54) is 0 Å². The summed E-state index contributed by atoms with van der Waals surface area (Å²) in [4.78, 5) is 33.9. The molecule has 0 aliphatic carbocycles. The monoisotopic (exact) mass is 497 g/mol. The molecule has 1 aliphatic heterocycles. The Bertz CT molecular complexity index is 1380. The maximum atomic E-state index is 14.0. The van der Waals surface area contributed by atoms with Crippen LogP contribution in [0.4, 0.5) is 5.95 Å². The van der Waals surface area contributed by atoms with Gasteiger partial charge in [-0.2, -0.15) is 0 Å². The zero-order chi connectivity index (χ0) is 25.8. The highest BCUT2D eigenvalue weighted by molar-refractivity contribution is 6.08. The Labute approximate surface area is 216 Å². The van der Waals surface area contributed by atoms with Gasteiger partial charge in [0.05, 0.1) is 30.3 Å². The van der Waals surface area contributed by atoms with E-state index in [0.717, 1.165) is 34.3 Å². The molecule has 3 aromatic carbocycles. The highest BCUT2D eigenvalue weighted by Crippen LogP contribution is 2.41. The minimum Gasteiger partial charge on any atom is -0.494 e. The number of carbonyl (C=O) groups excluding carboxylic acids is 2. The third kappa shape index (κ3) is 4.81. The van der Waals surface area contributed by atoms with Crippen molar-refractivity contribution in [3.8, 4) is 5.75 Å². The highest BCUT2D eigenvalue weighted by atomic mass is 16.5. The number of anilines is 1. The molecule has 1 aliphatic rings. The quantitative estimate of drug-likeness (QED) is 0.235. The number of ether oxygens (including phenoxy) is 2. The van der Waals surface area contributed by atoms with E-state index in [-0.39, 0.29) is 12.5 Å². The van der Waals surface area contributed by atoms with E-state index >= 15 is 0 Å². The van der Waals surface area contributed by atoms with Crippen LogP contribution in [0.25, 0.3) is 11.0 Å². The number of imidazole rings is 1. The fourth-order valence-corrected chi connectivity index (χ4v) is 4.93. The van der Waals surface area contributed by atoms with E-state index in [9.17, 15) is 9.59 Å². The summed E-state index contributed by atoms with van der Waals surface area (Å²) in [7, 11) is 0. The summed E-state index contributed by atoms with van der Waals surface area (Å²) in [6.45, 7) is 5.03. The van der Waals surface area contributed by atoms with Gasteiger partial charge in [0.25, 0.3) is 0 Å². The van der Waals surface area contributed by atoms with Crippen molar-refractivity contribution in [3.05, 3.63) is 90.0 Å². The van der Waals surface area contributed by atoms with Crippen molar-refractivity contribution >= 4 is 28.9 Å². The normalized spacial score (nSPS) is 17.0. The predicted molar refractivity (Wildman–Crippen MR) is 143 cm³/mol. The van der Waals surface area contributed by atoms with Gasteiger partial charge in [-0.3, -0.25) is 14.5 Å². The van der Waals surface area contributed by atoms with Gasteiger partial charge in [-0.05, 0) is 55.2 Å². The lowest BCUT2D eigenvalue weighted by atomic mass is 9.89. The maximum Gasteiger partial charge on any atom is 0.321 e. The lowest BCUT2D eigenvalue weighted by Gasteiger charge is -2.38. The fraction of sp³-hybridized carbons (Fsp3) is 0.300. The molecule has 2 atom stereocenters. The zero-order valence-corrected chi connectivity index (χ0v) is 21.2. The molecule has 7 heteroatoms. The Morgan fingerprint density at radius 1 is 0.946 bits per heavy atom. The molecule has 37 heavy (non-hydrogen) atoms. The van der Waals surface area contributed by atoms with Crippen LogP contribution >= 0.6 is 0 Å². The first-order valence-corrected chi connectivity index (χ1v) is 12.8. The number of hydrogen-bond donors (Lipinski definition) is 0. The molecule has 2 heterocycles. The number of hydrogen-bond acceptors (Lipinski definition) is 5. The molecule has 5 rings (SSSR count). The van der Waals surface area contributed by atoms with Gasteiger partial charge in [0.2, 0.25) is 11.9 Å². The average Bonchev–Trinajstić information content (AvgIpc) is 3.31. The van der Waals surface area contributed by atoms with Gasteiger partial charge in [-0.25, -0.2) is 4.98 Å². The van der Waals surface area contributed by atoms with Crippen molar-refractivity contribution in [2.75, 3.05) is 24.7 Å². The molecule has 0 N–H and O–H groups in total. The molecule has 1 amide bonds. The standard InChI is InChI=1S/C30H31N3O4/c1-3-20-37-23-16-14-22(15-17-23)27-26(29(35)36-4-2)28(34)32(19-18-21-10-6-5-7-11-21)30-31-24-12-8-9-13-25(24)33(27)30/h5-17,26-27H,3-4,18-20H2,1-2H3. The second-order valence-corrected chi connectivity index (χ2v) is 9.09. The summed E-state index contributed by atoms with van der Waals surface area (Å²) in [5, 5.41) is 0. The fourth-order valence-electron chi connectivity index (χ4n) is 4.93. The van der Waals surface area contributed by atoms with Crippen molar-refractivity contribution in [1.82, 2.24) is 9.55 Å². The molecule has 0 bridgehead atoms. The number of aromatic nitrogens is 2. The molecular formula is C30H31N3O4. The number of carbonyl (C=O) groups is 2. The van der Waals surface area contributed by atoms with Crippen LogP contribution in [-0.4, -0.2) is 41.2 Å². The summed E-state index contributed by atoms with van der Waals surface area (Å²) in [6, 6.07) is 24.8. The van der Waals surface area contributed by atoms with Crippen LogP contribution in [0.3, 0.4) is 0 Å². The first kappa shape index (κ1) is 24.6. The Kier molecular flexibility index (Phi) is 7.21. The van der Waals surface area contributed by atoms with E-state index in [0.29, 0.717) is 25.5 Å². The lowest BCUT2D eigenvalue weighted by Crippen LogP contribution is -2.50. The van der Waals surface area contributed by atoms with Crippen molar-refractivity contribution in [2.24, 2.45) is 5.92 Å². The Balaban J connectivity index is 1.62. The number of amides is 1. The lowest BCUT2D eigenvalue weighted by molar-refractivity contribution is -0.153. The van der Waals surface area contributed by atoms with Gasteiger partial charge >= 0.3 is 5.97 Å². The van der Waals surface area contributed by atoms with E-state index in [1.54, 1.807) is 11.8 Å². The van der Waals surface area contributed by atoms with Crippen LogP contribution in [0, 0.1) is 5.92 Å². The number of esters is 1. The van der Waals surface area contributed by atoms with Crippen LogP contribution in [0.1, 0.15) is 37.4 Å². The minimum atomic E-state index is -1.04. The van der Waals surface area contributed by atoms with Crippen LogP contribution in [0.15, 0.2) is 78.9 Å². The van der Waals surface area contributed by atoms with Gasteiger partial charge in [-0.1, -0.05) is 61.5 Å². The van der Waals surface area contributed by atoms with E-state index in [4.69, 9.17) is 14.5 Å². The zero-order valence-electron chi connectivity index (χ0n) is 21.2. The van der Waals surface area contributed by atoms with Crippen molar-refractivity contribution in [1.29, 1.82) is 0 Å². The predicted octanol–water partition coefficient (Wildman–Crippen LogP) is 5.18. The van der Waals surface area contributed by atoms with Crippen molar-refractivity contribution in [3.63, 3.8) is 0 Å². The van der Waals surface area contributed by atoms with E-state index in [2.05, 4.69) is 6.92 Å². The molecule has 7 nitrogen and oxygen atoms in total. The first-order valence-electron chi connectivity index (χ1n) is 12.8. The smallest absolute Gasteiger partial charge is 0.321 e. The molecule has 190 valence electrons. The SMILES string of the molecule is CCCOc1ccc(C2C(C(=O)OCC)C(=O)N(CCc3ccccc3)c3nc4ccccc4n32)cc1. The summed E-state index contributed by atoms with van der Waals surface area (Å²) in [6.07, 6.45) is 1.55. The molecular weight excluding hydrogens is 466 g/mol. The van der Waals surface area contributed by atoms with Crippen LogP contribution in [-0.2, 0) is 20.7 Å². The maximum absolute atomic E-state index is 14.0. The van der Waals surface area contributed by atoms with Gasteiger partial charge in [0, 0.05) is 6.54 Å². The summed E-state index contributed by atoms with van der Waals surface area (Å²) >= 11 is 0. The summed E-state index contributed by atoms with van der Waals surface area (Å²) < 4.78 is 13.2. The average molecular weight is 498 g/mol. The number of nitrogens with zero attached hydrogens (tertiary/aromatic N) is 3. The molecule has 2 unspecified atom stereocenters. The van der Waals surface area contributed by atoms with Crippen molar-refractivity contribution < 1.29 is 19.1 Å². The first-order chi connectivity index (χ1) is 18.1. The van der Waals surface area contributed by atoms with Gasteiger partial charge in [0.1, 0.15) is 5.75 Å². The van der Waals surface area contributed by atoms with Crippen LogP contribution in [0.2, 0.25) is 0 Å². The molecule has 0 fully saturated rings. The Morgan fingerprint density at radius 2 is 1.68 bits per heavy atom. The largest absolute Gasteiger partial charge is 0.494 e. The molecule has 4 aromatic rings. The van der Waals surface area contributed by atoms with E-state index < -0.39 is 17.9 Å². The number of para-hydroxylation sites is 2. The van der Waals surface area contributed by atoms with Crippen LogP contribution < -0.4 is 9.64 Å². The van der Waals surface area contributed by atoms with Crippen molar-refractivity contribution in [2.45, 2.75) is 32.7 Å². The number of benzene rings is 3. The van der Waals surface area contributed by atoms with Crippen LogP contribution in [0.5, 0.6) is 5.75 Å². The highest BCUT2D eigenvalue weighted by Gasteiger charge is 2.47. The third-order valence-corrected chi connectivity index (χ3v) is 6.65. The summed E-state index contributed by atoms with van der Waals surface area (Å²) in [5.74, 6) is -0.576. The minimum absolute atomic E-state index is 0.195. The molecule has 1 aromatic heterocycles. The molecule has 0 radical (unpaired) electrons.